The number of thioether (sulfide) groups is 1. The Labute approximate surface area is 200 Å². The summed E-state index contributed by atoms with van der Waals surface area (Å²) in [5.74, 6) is -1.25. The van der Waals surface area contributed by atoms with Gasteiger partial charge in [0.1, 0.15) is 5.82 Å². The van der Waals surface area contributed by atoms with Crippen LogP contribution in [0.15, 0.2) is 47.6 Å². The zero-order valence-electron chi connectivity index (χ0n) is 17.8. The number of aromatic nitrogens is 3. The molecule has 0 aliphatic carbocycles. The van der Waals surface area contributed by atoms with E-state index in [9.17, 15) is 27.2 Å². The smallest absolute Gasteiger partial charge is 0.342 e. The number of hydrogen-bond acceptors (Lipinski definition) is 5. The quantitative estimate of drug-likeness (QED) is 0.347. The van der Waals surface area contributed by atoms with Crippen molar-refractivity contribution in [3.63, 3.8) is 0 Å². The van der Waals surface area contributed by atoms with Crippen LogP contribution in [0, 0.1) is 5.82 Å². The largest absolute Gasteiger partial charge is 0.416 e. The molecule has 2 amide bonds. The molecule has 3 rings (SSSR count). The first-order valence-corrected chi connectivity index (χ1v) is 11.1. The second-order valence-corrected chi connectivity index (χ2v) is 8.48. The number of anilines is 1. The first-order chi connectivity index (χ1) is 16.0. The maximum atomic E-state index is 13.0. The molecule has 2 N–H and O–H groups in total. The molecular formula is C21H18ClF4N5O2S. The van der Waals surface area contributed by atoms with Crippen LogP contribution in [0.25, 0.3) is 0 Å². The van der Waals surface area contributed by atoms with E-state index < -0.39 is 35.4 Å². The third-order valence-electron chi connectivity index (χ3n) is 4.61. The Morgan fingerprint density at radius 1 is 1.15 bits per heavy atom. The minimum atomic E-state index is -4.57. The molecule has 0 radical (unpaired) electrons. The van der Waals surface area contributed by atoms with Crippen molar-refractivity contribution in [1.82, 2.24) is 20.1 Å². The molecule has 0 aliphatic heterocycles. The molecule has 7 nitrogen and oxygen atoms in total. The van der Waals surface area contributed by atoms with Crippen molar-refractivity contribution < 1.29 is 27.2 Å². The van der Waals surface area contributed by atoms with Crippen LogP contribution in [0.1, 0.15) is 34.7 Å². The van der Waals surface area contributed by atoms with Gasteiger partial charge >= 0.3 is 6.18 Å². The van der Waals surface area contributed by atoms with Crippen molar-refractivity contribution in [2.75, 3.05) is 11.1 Å². The zero-order valence-corrected chi connectivity index (χ0v) is 19.4. The van der Waals surface area contributed by atoms with Crippen LogP contribution in [-0.2, 0) is 18.0 Å². The molecule has 0 bridgehead atoms. The van der Waals surface area contributed by atoms with E-state index in [2.05, 4.69) is 20.8 Å². The second kappa shape index (κ2) is 10.4. The van der Waals surface area contributed by atoms with Crippen molar-refractivity contribution in [3.8, 4) is 0 Å². The third-order valence-corrected chi connectivity index (χ3v) is 5.96. The SMILES string of the molecule is C[C@@H](NC(=O)c1ccc(F)cc1)c1nnc(SCC(=O)Nc2cc(C(F)(F)F)ccc2Cl)n1C. The summed E-state index contributed by atoms with van der Waals surface area (Å²) in [7, 11) is 1.64. The Bertz CT molecular complexity index is 1200. The average molecular weight is 516 g/mol. The molecular weight excluding hydrogens is 498 g/mol. The molecule has 1 aromatic heterocycles. The predicted octanol–water partition coefficient (Wildman–Crippen LogP) is 4.85. The molecule has 3 aromatic rings. The van der Waals surface area contributed by atoms with Gasteiger partial charge < -0.3 is 15.2 Å². The molecule has 0 saturated heterocycles. The van der Waals surface area contributed by atoms with Gasteiger partial charge in [0.05, 0.1) is 28.1 Å². The van der Waals surface area contributed by atoms with Gasteiger partial charge in [-0.25, -0.2) is 4.39 Å². The normalized spacial score (nSPS) is 12.3. The zero-order chi connectivity index (χ0) is 25.0. The minimum Gasteiger partial charge on any atom is -0.342 e. The van der Waals surface area contributed by atoms with Gasteiger partial charge in [0.15, 0.2) is 11.0 Å². The maximum absolute atomic E-state index is 13.0. The summed E-state index contributed by atoms with van der Waals surface area (Å²) >= 11 is 6.90. The summed E-state index contributed by atoms with van der Waals surface area (Å²) in [4.78, 5) is 24.6. The van der Waals surface area contributed by atoms with Gasteiger partial charge in [0, 0.05) is 12.6 Å². The molecule has 0 unspecified atom stereocenters. The van der Waals surface area contributed by atoms with Crippen molar-refractivity contribution in [1.29, 1.82) is 0 Å². The molecule has 1 atom stereocenters. The van der Waals surface area contributed by atoms with Gasteiger partial charge in [-0.1, -0.05) is 23.4 Å². The van der Waals surface area contributed by atoms with Crippen molar-refractivity contribution in [2.45, 2.75) is 24.3 Å². The standard InChI is InChI=1S/C21H18ClF4N5O2S/c1-11(27-19(33)12-3-6-14(23)7-4-12)18-29-30-20(31(18)2)34-10-17(32)28-16-9-13(21(24,25)26)5-8-15(16)22/h3-9,11H,10H2,1-2H3,(H,27,33)(H,28,32)/t11-/m1/s1. The summed E-state index contributed by atoms with van der Waals surface area (Å²) < 4.78 is 53.3. The van der Waals surface area contributed by atoms with Crippen LogP contribution >= 0.6 is 23.4 Å². The Hall–Kier alpha value is -3.12. The van der Waals surface area contributed by atoms with E-state index in [-0.39, 0.29) is 22.0 Å². The molecule has 2 aromatic carbocycles. The summed E-state index contributed by atoms with van der Waals surface area (Å²) in [5, 5.41) is 13.4. The number of amides is 2. The van der Waals surface area contributed by atoms with E-state index in [1.54, 1.807) is 18.5 Å². The molecule has 0 spiro atoms. The number of benzene rings is 2. The first kappa shape index (κ1) is 25.5. The van der Waals surface area contributed by atoms with Gasteiger partial charge in [0.25, 0.3) is 5.91 Å². The Morgan fingerprint density at radius 3 is 2.47 bits per heavy atom. The number of hydrogen-bond donors (Lipinski definition) is 2. The fourth-order valence-electron chi connectivity index (χ4n) is 2.89. The Morgan fingerprint density at radius 2 is 1.82 bits per heavy atom. The molecule has 0 saturated carbocycles. The van der Waals surface area contributed by atoms with Gasteiger partial charge in [-0.15, -0.1) is 10.2 Å². The highest BCUT2D eigenvalue weighted by molar-refractivity contribution is 7.99. The number of carbonyl (C=O) groups is 2. The first-order valence-electron chi connectivity index (χ1n) is 9.71. The highest BCUT2D eigenvalue weighted by Crippen LogP contribution is 2.34. The molecule has 34 heavy (non-hydrogen) atoms. The second-order valence-electron chi connectivity index (χ2n) is 7.13. The average Bonchev–Trinajstić information content (AvgIpc) is 3.13. The predicted molar refractivity (Wildman–Crippen MR) is 119 cm³/mol. The third kappa shape index (κ3) is 6.26. The fourth-order valence-corrected chi connectivity index (χ4v) is 3.77. The van der Waals surface area contributed by atoms with E-state index in [0.29, 0.717) is 11.0 Å². The number of carbonyl (C=O) groups excluding carboxylic acids is 2. The monoisotopic (exact) mass is 515 g/mol. The van der Waals surface area contributed by atoms with Crippen molar-refractivity contribution in [2.24, 2.45) is 7.05 Å². The van der Waals surface area contributed by atoms with Crippen LogP contribution < -0.4 is 10.6 Å². The lowest BCUT2D eigenvalue weighted by Gasteiger charge is -2.14. The van der Waals surface area contributed by atoms with Gasteiger partial charge in [-0.05, 0) is 49.4 Å². The Balaban J connectivity index is 1.60. The number of alkyl halides is 3. The van der Waals surface area contributed by atoms with Gasteiger partial charge in [0.2, 0.25) is 5.91 Å². The van der Waals surface area contributed by atoms with Crippen molar-refractivity contribution >= 4 is 40.9 Å². The van der Waals surface area contributed by atoms with E-state index in [1.807, 2.05) is 0 Å². The number of nitrogens with one attached hydrogen (secondary N) is 2. The van der Waals surface area contributed by atoms with Crippen LogP contribution in [0.2, 0.25) is 5.02 Å². The number of nitrogens with zero attached hydrogens (tertiary/aromatic N) is 3. The Kier molecular flexibility index (Phi) is 7.82. The van der Waals surface area contributed by atoms with Gasteiger partial charge in [-0.2, -0.15) is 13.2 Å². The summed E-state index contributed by atoms with van der Waals surface area (Å²) in [6.07, 6.45) is -4.57. The molecule has 0 aliphatic rings. The lowest BCUT2D eigenvalue weighted by atomic mass is 10.2. The minimum absolute atomic E-state index is 0.0296. The van der Waals surface area contributed by atoms with E-state index in [0.717, 1.165) is 30.0 Å². The maximum Gasteiger partial charge on any atom is 0.416 e. The van der Waals surface area contributed by atoms with Crippen LogP contribution in [0.5, 0.6) is 0 Å². The summed E-state index contributed by atoms with van der Waals surface area (Å²) in [6.45, 7) is 1.68. The van der Waals surface area contributed by atoms with E-state index >= 15 is 0 Å². The molecule has 1 heterocycles. The summed E-state index contributed by atoms with van der Waals surface area (Å²) in [6, 6.07) is 7.14. The van der Waals surface area contributed by atoms with E-state index in [4.69, 9.17) is 11.6 Å². The fraction of sp³-hybridized carbons (Fsp3) is 0.238. The van der Waals surface area contributed by atoms with Crippen LogP contribution in [0.3, 0.4) is 0 Å². The number of rotatable bonds is 7. The van der Waals surface area contributed by atoms with Crippen LogP contribution in [-0.4, -0.2) is 32.3 Å². The number of halogens is 5. The highest BCUT2D eigenvalue weighted by atomic mass is 35.5. The lowest BCUT2D eigenvalue weighted by molar-refractivity contribution is -0.137. The van der Waals surface area contributed by atoms with Crippen molar-refractivity contribution in [3.05, 3.63) is 70.3 Å². The van der Waals surface area contributed by atoms with Gasteiger partial charge in [-0.3, -0.25) is 9.59 Å². The molecule has 13 heteroatoms. The van der Waals surface area contributed by atoms with E-state index in [1.165, 1.54) is 24.3 Å². The lowest BCUT2D eigenvalue weighted by Crippen LogP contribution is -2.28. The molecule has 0 fully saturated rings. The summed E-state index contributed by atoms with van der Waals surface area (Å²) in [5.41, 5.74) is -0.817. The molecule has 180 valence electrons. The topological polar surface area (TPSA) is 88.9 Å². The highest BCUT2D eigenvalue weighted by Gasteiger charge is 2.31. The van der Waals surface area contributed by atoms with Crippen LogP contribution in [0.4, 0.5) is 23.2 Å².